The highest BCUT2D eigenvalue weighted by Gasteiger charge is 2.34. The third-order valence-electron chi connectivity index (χ3n) is 2.84. The van der Waals surface area contributed by atoms with Crippen molar-refractivity contribution in [2.75, 3.05) is 20.6 Å². The highest BCUT2D eigenvalue weighted by Crippen LogP contribution is 2.22. The van der Waals surface area contributed by atoms with Crippen molar-refractivity contribution in [1.82, 2.24) is 9.80 Å². The van der Waals surface area contributed by atoms with Gasteiger partial charge in [-0.1, -0.05) is 0 Å². The third-order valence-corrected chi connectivity index (χ3v) is 2.84. The first-order valence-electron chi connectivity index (χ1n) is 6.53. The van der Waals surface area contributed by atoms with E-state index in [1.54, 1.807) is 11.1 Å². The zero-order valence-electron chi connectivity index (χ0n) is 12.7. The quantitative estimate of drug-likeness (QED) is 0.683. The summed E-state index contributed by atoms with van der Waals surface area (Å²) in [5.41, 5.74) is 0.131. The maximum Gasteiger partial charge on any atom is 0.410 e. The van der Waals surface area contributed by atoms with E-state index in [1.807, 2.05) is 46.7 Å². The lowest BCUT2D eigenvalue weighted by Gasteiger charge is -2.36. The number of carbonyl (C=O) groups is 2. The molecular weight excluding hydrogens is 244 g/mol. The van der Waals surface area contributed by atoms with Crippen LogP contribution in [0.15, 0.2) is 11.8 Å². The largest absolute Gasteiger partial charge is 0.444 e. The molecule has 1 unspecified atom stereocenters. The molecule has 1 amide bonds. The van der Waals surface area contributed by atoms with Gasteiger partial charge in [-0.3, -0.25) is 4.79 Å². The van der Waals surface area contributed by atoms with E-state index >= 15 is 0 Å². The van der Waals surface area contributed by atoms with Crippen molar-refractivity contribution in [2.45, 2.75) is 45.8 Å². The molecule has 5 nitrogen and oxygen atoms in total. The van der Waals surface area contributed by atoms with Gasteiger partial charge >= 0.3 is 6.09 Å². The van der Waals surface area contributed by atoms with Gasteiger partial charge in [-0.05, 0) is 27.7 Å². The molecule has 5 heteroatoms. The maximum absolute atomic E-state index is 12.1. The van der Waals surface area contributed by atoms with Gasteiger partial charge in [-0.25, -0.2) is 4.79 Å². The second-order valence-electron chi connectivity index (χ2n) is 6.07. The van der Waals surface area contributed by atoms with Gasteiger partial charge in [0.15, 0.2) is 5.78 Å². The summed E-state index contributed by atoms with van der Waals surface area (Å²) in [6, 6.07) is -0.251. The first kappa shape index (κ1) is 15.5. The van der Waals surface area contributed by atoms with E-state index in [2.05, 4.69) is 0 Å². The first-order valence-corrected chi connectivity index (χ1v) is 6.53. The number of carbonyl (C=O) groups excluding carboxylic acids is 2. The van der Waals surface area contributed by atoms with E-state index < -0.39 is 5.60 Å². The molecule has 0 spiro atoms. The van der Waals surface area contributed by atoms with Crippen molar-refractivity contribution in [3.8, 4) is 0 Å². The van der Waals surface area contributed by atoms with E-state index in [-0.39, 0.29) is 17.9 Å². The fourth-order valence-corrected chi connectivity index (χ4v) is 1.99. The average Bonchev–Trinajstić information content (AvgIpc) is 2.21. The molecule has 0 aromatic heterocycles. The Bertz CT molecular complexity index is 394. The standard InChI is InChI=1S/C14H24N2O3/c1-10-11(9-15(5)6)12(17)7-8-16(10)13(18)19-14(2,3)4/h9-10H,7-8H2,1-6H3/b11-9-. The molecule has 0 aromatic rings. The number of ether oxygens (including phenoxy) is 1. The molecule has 0 bridgehead atoms. The third kappa shape index (κ3) is 4.26. The minimum Gasteiger partial charge on any atom is -0.444 e. The Morgan fingerprint density at radius 1 is 1.42 bits per heavy atom. The molecule has 1 fully saturated rings. The predicted molar refractivity (Wildman–Crippen MR) is 73.8 cm³/mol. The highest BCUT2D eigenvalue weighted by atomic mass is 16.6. The zero-order valence-corrected chi connectivity index (χ0v) is 12.7. The average molecular weight is 268 g/mol. The van der Waals surface area contributed by atoms with Gasteiger partial charge in [-0.2, -0.15) is 0 Å². The SMILES string of the molecule is CC1/C(=C/N(C)C)C(=O)CCN1C(=O)OC(C)(C)C. The Kier molecular flexibility index (Phi) is 4.61. The summed E-state index contributed by atoms with van der Waals surface area (Å²) in [5, 5.41) is 0. The van der Waals surface area contributed by atoms with Gasteiger partial charge in [0.1, 0.15) is 5.60 Å². The second kappa shape index (κ2) is 5.63. The Hall–Kier alpha value is -1.52. The molecule has 19 heavy (non-hydrogen) atoms. The molecule has 0 aromatic carbocycles. The van der Waals surface area contributed by atoms with Gasteiger partial charge in [0.05, 0.1) is 6.04 Å². The normalized spacial score (nSPS) is 22.6. The number of Topliss-reactive ketones (excluding diaryl/α,β-unsaturated/α-hetero) is 1. The monoisotopic (exact) mass is 268 g/mol. The molecule has 0 saturated carbocycles. The lowest BCUT2D eigenvalue weighted by atomic mass is 9.96. The minimum atomic E-state index is -0.524. The topological polar surface area (TPSA) is 49.9 Å². The molecule has 1 aliphatic heterocycles. The number of rotatable bonds is 1. The van der Waals surface area contributed by atoms with Crippen LogP contribution >= 0.6 is 0 Å². The minimum absolute atomic E-state index is 0.0982. The molecule has 0 N–H and O–H groups in total. The van der Waals surface area contributed by atoms with Gasteiger partial charge in [-0.15, -0.1) is 0 Å². The van der Waals surface area contributed by atoms with Crippen molar-refractivity contribution < 1.29 is 14.3 Å². The Morgan fingerprint density at radius 3 is 2.47 bits per heavy atom. The van der Waals surface area contributed by atoms with E-state index in [0.29, 0.717) is 18.5 Å². The van der Waals surface area contributed by atoms with Gasteiger partial charge < -0.3 is 14.5 Å². The van der Waals surface area contributed by atoms with Gasteiger partial charge in [0.2, 0.25) is 0 Å². The summed E-state index contributed by atoms with van der Waals surface area (Å²) in [7, 11) is 3.72. The van der Waals surface area contributed by atoms with Crippen LogP contribution in [0.5, 0.6) is 0 Å². The van der Waals surface area contributed by atoms with Crippen LogP contribution in [-0.4, -0.2) is 54.0 Å². The van der Waals surface area contributed by atoms with Gasteiger partial charge in [0, 0.05) is 38.8 Å². The molecule has 1 atom stereocenters. The fraction of sp³-hybridized carbons (Fsp3) is 0.714. The van der Waals surface area contributed by atoms with Crippen molar-refractivity contribution in [1.29, 1.82) is 0 Å². The number of likely N-dealkylation sites (tertiary alicyclic amines) is 1. The van der Waals surface area contributed by atoms with Crippen LogP contribution in [0.1, 0.15) is 34.1 Å². The lowest BCUT2D eigenvalue weighted by molar-refractivity contribution is -0.118. The molecule has 1 rings (SSSR count). The van der Waals surface area contributed by atoms with Crippen LogP contribution in [0.2, 0.25) is 0 Å². The summed E-state index contributed by atoms with van der Waals surface area (Å²) in [4.78, 5) is 27.5. The summed E-state index contributed by atoms with van der Waals surface area (Å²) in [5.74, 6) is 0.0982. The fourth-order valence-electron chi connectivity index (χ4n) is 1.99. The van der Waals surface area contributed by atoms with Crippen molar-refractivity contribution in [3.05, 3.63) is 11.8 Å². The van der Waals surface area contributed by atoms with Crippen LogP contribution in [0.4, 0.5) is 4.79 Å². The van der Waals surface area contributed by atoms with Crippen molar-refractivity contribution in [3.63, 3.8) is 0 Å². The molecule has 1 aliphatic rings. The Balaban J connectivity index is 2.88. The smallest absolute Gasteiger partial charge is 0.410 e. The number of amides is 1. The van der Waals surface area contributed by atoms with Crippen molar-refractivity contribution in [2.24, 2.45) is 0 Å². The van der Waals surface area contributed by atoms with E-state index in [4.69, 9.17) is 4.74 Å². The van der Waals surface area contributed by atoms with E-state index in [0.717, 1.165) is 0 Å². The number of hydrogen-bond donors (Lipinski definition) is 0. The number of nitrogens with zero attached hydrogens (tertiary/aromatic N) is 2. The number of hydrogen-bond acceptors (Lipinski definition) is 4. The van der Waals surface area contributed by atoms with Gasteiger partial charge in [0.25, 0.3) is 0 Å². The maximum atomic E-state index is 12.1. The number of ketones is 1. The van der Waals surface area contributed by atoms with Crippen LogP contribution in [0, 0.1) is 0 Å². The lowest BCUT2D eigenvalue weighted by Crippen LogP contribution is -2.48. The van der Waals surface area contributed by atoms with Crippen LogP contribution in [0.3, 0.4) is 0 Å². The summed E-state index contributed by atoms with van der Waals surface area (Å²) in [6.45, 7) is 7.78. The predicted octanol–water partition coefficient (Wildman–Crippen LogP) is 2.03. The summed E-state index contributed by atoms with van der Waals surface area (Å²) in [6.07, 6.45) is 1.77. The Morgan fingerprint density at radius 2 is 2.00 bits per heavy atom. The summed E-state index contributed by atoms with van der Waals surface area (Å²) < 4.78 is 5.37. The first-order chi connectivity index (χ1) is 8.61. The summed E-state index contributed by atoms with van der Waals surface area (Å²) >= 11 is 0. The highest BCUT2D eigenvalue weighted by molar-refractivity contribution is 5.98. The molecular formula is C14H24N2O3. The van der Waals surface area contributed by atoms with Crippen LogP contribution < -0.4 is 0 Å². The van der Waals surface area contributed by atoms with Crippen LogP contribution in [-0.2, 0) is 9.53 Å². The van der Waals surface area contributed by atoms with Crippen LogP contribution in [0.25, 0.3) is 0 Å². The molecule has 1 heterocycles. The number of piperidine rings is 1. The molecule has 1 saturated heterocycles. The van der Waals surface area contributed by atoms with E-state index in [9.17, 15) is 9.59 Å². The van der Waals surface area contributed by atoms with E-state index in [1.165, 1.54) is 0 Å². The molecule has 0 aliphatic carbocycles. The molecule has 0 radical (unpaired) electrons. The van der Waals surface area contributed by atoms with Crippen molar-refractivity contribution >= 4 is 11.9 Å². The zero-order chi connectivity index (χ0) is 14.8. The molecule has 108 valence electrons. The Labute approximate surface area is 115 Å². The second-order valence-corrected chi connectivity index (χ2v) is 6.07.